The molecular weight excluding hydrogens is 325 g/mol. The van der Waals surface area contributed by atoms with Gasteiger partial charge in [-0.25, -0.2) is 4.79 Å². The van der Waals surface area contributed by atoms with Crippen molar-refractivity contribution in [1.82, 2.24) is 10.6 Å². The fourth-order valence-corrected chi connectivity index (χ4v) is 1.72. The van der Waals surface area contributed by atoms with Gasteiger partial charge in [0.1, 0.15) is 0 Å². The maximum atomic E-state index is 13.0. The van der Waals surface area contributed by atoms with Gasteiger partial charge in [-0.3, -0.25) is 4.79 Å². The lowest BCUT2D eigenvalue weighted by Gasteiger charge is -2.22. The maximum Gasteiger partial charge on any atom is 0.412 e. The van der Waals surface area contributed by atoms with Crippen LogP contribution in [0.1, 0.15) is 18.0 Å². The molecule has 0 radical (unpaired) electrons. The van der Waals surface area contributed by atoms with Crippen LogP contribution in [0.25, 0.3) is 0 Å². The molecule has 1 atom stereocenters. The van der Waals surface area contributed by atoms with E-state index in [1.807, 2.05) is 5.32 Å². The molecule has 0 bridgehead atoms. The van der Waals surface area contributed by atoms with Crippen molar-refractivity contribution in [3.05, 3.63) is 34.9 Å². The zero-order valence-electron chi connectivity index (χ0n) is 11.5. The minimum Gasteiger partial charge on any atom is -0.453 e. The number of benzene rings is 1. The first-order valence-corrected chi connectivity index (χ1v) is 6.55. The number of halogens is 4. The van der Waals surface area contributed by atoms with Crippen LogP contribution in [0.2, 0.25) is 5.02 Å². The van der Waals surface area contributed by atoms with Crippen molar-refractivity contribution in [3.63, 3.8) is 0 Å². The minimum atomic E-state index is -4.65. The van der Waals surface area contributed by atoms with Crippen LogP contribution in [0.15, 0.2) is 24.3 Å². The highest BCUT2D eigenvalue weighted by molar-refractivity contribution is 6.30. The number of rotatable bonds is 5. The van der Waals surface area contributed by atoms with Crippen LogP contribution in [-0.2, 0) is 9.53 Å². The molecule has 0 spiro atoms. The Morgan fingerprint density at radius 3 is 2.36 bits per heavy atom. The second kappa shape index (κ2) is 7.88. The molecule has 0 aliphatic rings. The molecule has 9 heteroatoms. The van der Waals surface area contributed by atoms with Crippen molar-refractivity contribution in [2.45, 2.75) is 18.6 Å². The molecule has 2 N–H and O–H groups in total. The lowest BCUT2D eigenvalue weighted by Crippen LogP contribution is -2.39. The van der Waals surface area contributed by atoms with E-state index in [4.69, 9.17) is 11.6 Å². The van der Waals surface area contributed by atoms with E-state index in [9.17, 15) is 22.8 Å². The van der Waals surface area contributed by atoms with E-state index in [0.29, 0.717) is 5.02 Å². The molecule has 0 aliphatic heterocycles. The molecule has 1 aromatic rings. The van der Waals surface area contributed by atoms with Crippen LogP contribution < -0.4 is 10.6 Å². The minimum absolute atomic E-state index is 0.133. The molecule has 0 unspecified atom stereocenters. The fraction of sp³-hybridized carbons (Fsp3) is 0.385. The number of hydrogen-bond acceptors (Lipinski definition) is 3. The molecule has 5 nitrogen and oxygen atoms in total. The first-order chi connectivity index (χ1) is 10.2. The quantitative estimate of drug-likeness (QED) is 0.867. The molecule has 122 valence electrons. The maximum absolute atomic E-state index is 13.0. The van der Waals surface area contributed by atoms with Gasteiger partial charge in [0.15, 0.2) is 6.04 Å². The Labute approximate surface area is 129 Å². The summed E-state index contributed by atoms with van der Waals surface area (Å²) in [5.74, 6) is -0.853. The van der Waals surface area contributed by atoms with Gasteiger partial charge in [-0.15, -0.1) is 0 Å². The number of nitrogens with one attached hydrogen (secondary N) is 2. The average Bonchev–Trinajstić information content (AvgIpc) is 2.44. The van der Waals surface area contributed by atoms with E-state index in [-0.39, 0.29) is 18.5 Å². The number of hydrogen-bond donors (Lipinski definition) is 2. The van der Waals surface area contributed by atoms with E-state index >= 15 is 0 Å². The lowest BCUT2D eigenvalue weighted by molar-refractivity contribution is -0.163. The number of ether oxygens (including phenoxy) is 1. The molecule has 2 amide bonds. The van der Waals surface area contributed by atoms with Gasteiger partial charge in [0.25, 0.3) is 0 Å². The summed E-state index contributed by atoms with van der Waals surface area (Å²) in [4.78, 5) is 22.4. The normalized spacial score (nSPS) is 12.4. The number of methoxy groups -OCH3 is 1. The zero-order valence-corrected chi connectivity index (χ0v) is 12.3. The largest absolute Gasteiger partial charge is 0.453 e. The smallest absolute Gasteiger partial charge is 0.412 e. The van der Waals surface area contributed by atoms with Crippen molar-refractivity contribution >= 4 is 23.6 Å². The van der Waals surface area contributed by atoms with E-state index in [1.54, 1.807) is 0 Å². The number of amides is 2. The summed E-state index contributed by atoms with van der Waals surface area (Å²) in [7, 11) is 1.13. The summed E-state index contributed by atoms with van der Waals surface area (Å²) in [5.41, 5.74) is -0.133. The van der Waals surface area contributed by atoms with Crippen LogP contribution >= 0.6 is 11.6 Å². The summed E-state index contributed by atoms with van der Waals surface area (Å²) < 4.78 is 43.4. The Hall–Kier alpha value is -1.96. The SMILES string of the molecule is COC(=O)NCCC(=O)N[C@@H](c1ccc(Cl)cc1)C(F)(F)F. The van der Waals surface area contributed by atoms with Gasteiger partial charge in [-0.2, -0.15) is 13.2 Å². The van der Waals surface area contributed by atoms with E-state index < -0.39 is 24.2 Å². The molecule has 22 heavy (non-hydrogen) atoms. The predicted molar refractivity (Wildman–Crippen MR) is 73.4 cm³/mol. The van der Waals surface area contributed by atoms with Crippen molar-refractivity contribution < 1.29 is 27.5 Å². The monoisotopic (exact) mass is 338 g/mol. The summed E-state index contributed by atoms with van der Waals surface area (Å²) >= 11 is 5.63. The molecule has 1 aromatic carbocycles. The third-order valence-electron chi connectivity index (χ3n) is 2.64. The standard InChI is InChI=1S/C13H14ClF3N2O3/c1-22-12(21)18-7-6-10(20)19-11(13(15,16)17)8-2-4-9(14)5-3-8/h2-5,11H,6-7H2,1H3,(H,18,21)(H,19,20)/t11-/m0/s1. The highest BCUT2D eigenvalue weighted by Crippen LogP contribution is 2.33. The Morgan fingerprint density at radius 1 is 1.27 bits per heavy atom. The van der Waals surface area contributed by atoms with Gasteiger partial charge in [0.05, 0.1) is 7.11 Å². The molecule has 0 heterocycles. The summed E-state index contributed by atoms with van der Waals surface area (Å²) in [5, 5.41) is 4.38. The van der Waals surface area contributed by atoms with Gasteiger partial charge in [0, 0.05) is 18.0 Å². The van der Waals surface area contributed by atoms with E-state index in [2.05, 4.69) is 10.1 Å². The van der Waals surface area contributed by atoms with Crippen LogP contribution in [0.3, 0.4) is 0 Å². The number of alkyl halides is 3. The first-order valence-electron chi connectivity index (χ1n) is 6.17. The predicted octanol–water partition coefficient (Wildman–Crippen LogP) is 2.81. The molecule has 0 aromatic heterocycles. The zero-order chi connectivity index (χ0) is 16.8. The third-order valence-corrected chi connectivity index (χ3v) is 2.89. The second-order valence-corrected chi connectivity index (χ2v) is 4.70. The Morgan fingerprint density at radius 2 is 1.86 bits per heavy atom. The van der Waals surface area contributed by atoms with E-state index in [1.165, 1.54) is 24.3 Å². The molecule has 0 aliphatic carbocycles. The topological polar surface area (TPSA) is 67.4 Å². The number of carbonyl (C=O) groups excluding carboxylic acids is 2. The number of carbonyl (C=O) groups is 2. The summed E-state index contributed by atoms with van der Waals surface area (Å²) in [6, 6.07) is 2.85. The molecular formula is C13H14ClF3N2O3. The summed E-state index contributed by atoms with van der Waals surface area (Å²) in [6.07, 6.45) is -5.73. The van der Waals surface area contributed by atoms with Gasteiger partial charge in [-0.1, -0.05) is 23.7 Å². The molecule has 0 saturated heterocycles. The van der Waals surface area contributed by atoms with Gasteiger partial charge in [0.2, 0.25) is 5.91 Å². The van der Waals surface area contributed by atoms with Gasteiger partial charge < -0.3 is 15.4 Å². The Balaban J connectivity index is 2.68. The van der Waals surface area contributed by atoms with Crippen molar-refractivity contribution in [3.8, 4) is 0 Å². The van der Waals surface area contributed by atoms with Crippen LogP contribution in [0.5, 0.6) is 0 Å². The van der Waals surface area contributed by atoms with Crippen LogP contribution in [0.4, 0.5) is 18.0 Å². The highest BCUT2D eigenvalue weighted by atomic mass is 35.5. The van der Waals surface area contributed by atoms with Gasteiger partial charge >= 0.3 is 12.3 Å². The molecule has 0 fully saturated rings. The van der Waals surface area contributed by atoms with Crippen molar-refractivity contribution in [2.24, 2.45) is 0 Å². The first kappa shape index (κ1) is 18.1. The van der Waals surface area contributed by atoms with Crippen LogP contribution in [-0.4, -0.2) is 31.8 Å². The van der Waals surface area contributed by atoms with Crippen LogP contribution in [0, 0.1) is 0 Å². The van der Waals surface area contributed by atoms with Gasteiger partial charge in [-0.05, 0) is 17.7 Å². The Kier molecular flexibility index (Phi) is 6.48. The van der Waals surface area contributed by atoms with Crippen molar-refractivity contribution in [2.75, 3.05) is 13.7 Å². The average molecular weight is 339 g/mol. The fourth-order valence-electron chi connectivity index (χ4n) is 1.59. The molecule has 0 saturated carbocycles. The Bertz CT molecular complexity index is 520. The highest BCUT2D eigenvalue weighted by Gasteiger charge is 2.41. The van der Waals surface area contributed by atoms with E-state index in [0.717, 1.165) is 7.11 Å². The number of alkyl carbamates (subject to hydrolysis) is 1. The lowest BCUT2D eigenvalue weighted by atomic mass is 10.1. The molecule has 1 rings (SSSR count). The van der Waals surface area contributed by atoms with Crippen molar-refractivity contribution in [1.29, 1.82) is 0 Å². The second-order valence-electron chi connectivity index (χ2n) is 4.26. The third kappa shape index (κ3) is 5.80. The summed E-state index contributed by atoms with van der Waals surface area (Å²) in [6.45, 7) is -0.135.